The van der Waals surface area contributed by atoms with Gasteiger partial charge in [0.05, 0.1) is 17.6 Å². The Kier molecular flexibility index (Phi) is 5.67. The maximum atomic E-state index is 13.7. The van der Waals surface area contributed by atoms with Crippen LogP contribution in [-0.2, 0) is 4.74 Å². The zero-order valence-electron chi connectivity index (χ0n) is 14.9. The molecule has 8 nitrogen and oxygen atoms in total. The van der Waals surface area contributed by atoms with E-state index >= 15 is 0 Å². The van der Waals surface area contributed by atoms with Gasteiger partial charge in [-0.25, -0.2) is 18.6 Å². The molecule has 0 amide bonds. The number of pyridine rings is 1. The van der Waals surface area contributed by atoms with E-state index in [2.05, 4.69) is 9.72 Å². The Hall–Kier alpha value is -3.30. The van der Waals surface area contributed by atoms with E-state index in [9.17, 15) is 23.7 Å². The molecule has 0 spiro atoms. The Balaban J connectivity index is 1.70. The molecule has 0 aliphatic carbocycles. The molecule has 0 unspecified atom stereocenters. The van der Waals surface area contributed by atoms with E-state index in [1.165, 1.54) is 19.4 Å². The van der Waals surface area contributed by atoms with Crippen molar-refractivity contribution in [3.8, 4) is 5.75 Å². The number of carbonyl (C=O) groups is 1. The summed E-state index contributed by atoms with van der Waals surface area (Å²) in [5, 5.41) is 11.4. The van der Waals surface area contributed by atoms with Gasteiger partial charge in [-0.15, -0.1) is 0 Å². The van der Waals surface area contributed by atoms with Crippen LogP contribution >= 0.6 is 0 Å². The molecule has 1 aliphatic rings. The second kappa shape index (κ2) is 8.15. The van der Waals surface area contributed by atoms with Gasteiger partial charge in [0.1, 0.15) is 11.9 Å². The summed E-state index contributed by atoms with van der Waals surface area (Å²) in [6, 6.07) is 4.23. The number of nitro groups is 1. The van der Waals surface area contributed by atoms with Gasteiger partial charge in [-0.1, -0.05) is 0 Å². The lowest BCUT2D eigenvalue weighted by atomic mass is 10.1. The summed E-state index contributed by atoms with van der Waals surface area (Å²) in [4.78, 5) is 28.1. The van der Waals surface area contributed by atoms with Gasteiger partial charge in [-0.3, -0.25) is 10.1 Å². The number of benzene rings is 1. The van der Waals surface area contributed by atoms with Crippen LogP contribution in [0, 0.1) is 21.7 Å². The third-order valence-electron chi connectivity index (χ3n) is 4.39. The highest BCUT2D eigenvalue weighted by Gasteiger charge is 2.28. The zero-order valence-corrected chi connectivity index (χ0v) is 14.9. The maximum absolute atomic E-state index is 13.7. The van der Waals surface area contributed by atoms with Crippen LogP contribution in [-0.4, -0.2) is 42.2 Å². The predicted octanol–water partition coefficient (Wildman–Crippen LogP) is 3.10. The molecule has 2 heterocycles. The summed E-state index contributed by atoms with van der Waals surface area (Å²) in [7, 11) is 1.18. The van der Waals surface area contributed by atoms with E-state index < -0.39 is 22.5 Å². The molecule has 1 saturated heterocycles. The van der Waals surface area contributed by atoms with E-state index in [1.54, 1.807) is 4.90 Å². The summed E-state index contributed by atoms with van der Waals surface area (Å²) in [5.74, 6) is -2.07. The number of hydrogen-bond donors (Lipinski definition) is 0. The van der Waals surface area contributed by atoms with Gasteiger partial charge >= 0.3 is 11.7 Å². The Morgan fingerprint density at radius 3 is 2.61 bits per heavy atom. The third-order valence-corrected chi connectivity index (χ3v) is 4.39. The van der Waals surface area contributed by atoms with E-state index in [1.807, 2.05) is 0 Å². The molecule has 2 aromatic rings. The third kappa shape index (κ3) is 4.16. The quantitative estimate of drug-likeness (QED) is 0.438. The van der Waals surface area contributed by atoms with Crippen molar-refractivity contribution < 1.29 is 28.0 Å². The average Bonchev–Trinajstić information content (AvgIpc) is 2.69. The van der Waals surface area contributed by atoms with Crippen molar-refractivity contribution in [2.45, 2.75) is 18.9 Å². The van der Waals surface area contributed by atoms with Crippen LogP contribution in [0.5, 0.6) is 5.75 Å². The molecule has 0 bridgehead atoms. The van der Waals surface area contributed by atoms with Crippen molar-refractivity contribution in [3.05, 3.63) is 57.8 Å². The van der Waals surface area contributed by atoms with Crippen LogP contribution in [0.3, 0.4) is 0 Å². The first kappa shape index (κ1) is 19.5. The van der Waals surface area contributed by atoms with Crippen molar-refractivity contribution >= 4 is 17.5 Å². The summed E-state index contributed by atoms with van der Waals surface area (Å²) >= 11 is 0. The molecule has 1 aromatic carbocycles. The minimum Gasteiger partial charge on any atom is -0.487 e. The predicted molar refractivity (Wildman–Crippen MR) is 94.5 cm³/mol. The monoisotopic (exact) mass is 393 g/mol. The summed E-state index contributed by atoms with van der Waals surface area (Å²) in [5.41, 5.74) is -0.310. The van der Waals surface area contributed by atoms with Crippen LogP contribution in [0.4, 0.5) is 20.3 Å². The number of hydrogen-bond acceptors (Lipinski definition) is 7. The first-order valence-electron chi connectivity index (χ1n) is 8.48. The molecule has 28 heavy (non-hydrogen) atoms. The number of piperidine rings is 1. The van der Waals surface area contributed by atoms with Crippen molar-refractivity contribution in [1.29, 1.82) is 0 Å². The van der Waals surface area contributed by atoms with Gasteiger partial charge in [-0.2, -0.15) is 0 Å². The molecule has 0 saturated carbocycles. The molecule has 3 rings (SSSR count). The minimum absolute atomic E-state index is 0.0112. The number of carbonyl (C=O) groups excluding carboxylic acids is 1. The van der Waals surface area contributed by atoms with Gasteiger partial charge < -0.3 is 14.4 Å². The SMILES string of the molecule is COC(=O)c1cnc(N2CCC(Oc3ccc(F)cc3F)CC2)c([N+](=O)[O-])c1. The first-order valence-corrected chi connectivity index (χ1v) is 8.48. The largest absolute Gasteiger partial charge is 0.487 e. The number of methoxy groups -OCH3 is 1. The van der Waals surface area contributed by atoms with Crippen LogP contribution in [0.15, 0.2) is 30.5 Å². The van der Waals surface area contributed by atoms with Gasteiger partial charge in [0.2, 0.25) is 5.82 Å². The molecule has 1 aromatic heterocycles. The number of nitrogens with zero attached hydrogens (tertiary/aromatic N) is 3. The Morgan fingerprint density at radius 1 is 1.29 bits per heavy atom. The number of esters is 1. The van der Waals surface area contributed by atoms with Gasteiger partial charge in [0.15, 0.2) is 11.6 Å². The van der Waals surface area contributed by atoms with E-state index in [0.717, 1.165) is 18.2 Å². The molecular weight excluding hydrogens is 376 g/mol. The lowest BCUT2D eigenvalue weighted by Gasteiger charge is -2.32. The average molecular weight is 393 g/mol. The highest BCUT2D eigenvalue weighted by atomic mass is 19.1. The summed E-state index contributed by atoms with van der Waals surface area (Å²) in [6.07, 6.45) is 1.84. The van der Waals surface area contributed by atoms with Gasteiger partial charge in [0, 0.05) is 44.3 Å². The second-order valence-electron chi connectivity index (χ2n) is 6.19. The van der Waals surface area contributed by atoms with E-state index in [-0.39, 0.29) is 28.9 Å². The molecule has 0 atom stereocenters. The lowest BCUT2D eigenvalue weighted by molar-refractivity contribution is -0.384. The lowest BCUT2D eigenvalue weighted by Crippen LogP contribution is -2.39. The molecule has 1 fully saturated rings. The number of ether oxygens (including phenoxy) is 2. The van der Waals surface area contributed by atoms with Crippen molar-refractivity contribution in [3.63, 3.8) is 0 Å². The second-order valence-corrected chi connectivity index (χ2v) is 6.19. The fourth-order valence-electron chi connectivity index (χ4n) is 2.99. The van der Waals surface area contributed by atoms with Crippen LogP contribution in [0.1, 0.15) is 23.2 Å². The normalized spacial score (nSPS) is 14.6. The van der Waals surface area contributed by atoms with Gasteiger partial charge in [-0.05, 0) is 12.1 Å². The molecular formula is C18H17F2N3O5. The van der Waals surface area contributed by atoms with Crippen molar-refractivity contribution in [2.24, 2.45) is 0 Å². The molecule has 0 radical (unpaired) electrons. The fraction of sp³-hybridized carbons (Fsp3) is 0.333. The Labute approximate surface area is 158 Å². The number of aromatic nitrogens is 1. The highest BCUT2D eigenvalue weighted by molar-refractivity contribution is 5.90. The van der Waals surface area contributed by atoms with E-state index in [0.29, 0.717) is 25.9 Å². The topological polar surface area (TPSA) is 94.8 Å². The number of anilines is 1. The summed E-state index contributed by atoms with van der Waals surface area (Å²) < 4.78 is 36.8. The van der Waals surface area contributed by atoms with Crippen LogP contribution in [0.25, 0.3) is 0 Å². The fourth-order valence-corrected chi connectivity index (χ4v) is 2.99. The standard InChI is InChI=1S/C18H17F2N3O5/c1-27-18(24)11-8-15(23(25)26)17(21-10-11)22-6-4-13(5-7-22)28-16-3-2-12(19)9-14(16)20/h2-3,8-10,13H,4-7H2,1H3. The number of rotatable bonds is 5. The van der Waals surface area contributed by atoms with Gasteiger partial charge in [0.25, 0.3) is 0 Å². The molecule has 148 valence electrons. The van der Waals surface area contributed by atoms with E-state index in [4.69, 9.17) is 4.74 Å². The zero-order chi connectivity index (χ0) is 20.3. The Morgan fingerprint density at radius 2 is 2.00 bits per heavy atom. The molecule has 0 N–H and O–H groups in total. The van der Waals surface area contributed by atoms with Crippen LogP contribution < -0.4 is 9.64 Å². The van der Waals surface area contributed by atoms with Crippen LogP contribution in [0.2, 0.25) is 0 Å². The maximum Gasteiger partial charge on any atom is 0.339 e. The summed E-state index contributed by atoms with van der Waals surface area (Å²) in [6.45, 7) is 0.776. The highest BCUT2D eigenvalue weighted by Crippen LogP contribution is 2.30. The van der Waals surface area contributed by atoms with Crippen molar-refractivity contribution in [1.82, 2.24) is 4.98 Å². The smallest absolute Gasteiger partial charge is 0.339 e. The molecule has 10 heteroatoms. The minimum atomic E-state index is -0.780. The molecule has 1 aliphatic heterocycles. The van der Waals surface area contributed by atoms with Crippen molar-refractivity contribution in [2.75, 3.05) is 25.1 Å². The Bertz CT molecular complexity index is 901. The number of halogens is 2. The first-order chi connectivity index (χ1) is 13.4.